The van der Waals surface area contributed by atoms with Crippen molar-refractivity contribution in [2.75, 3.05) is 0 Å². The van der Waals surface area contributed by atoms with Gasteiger partial charge in [-0.15, -0.1) is 0 Å². The molecule has 1 aromatic carbocycles. The highest BCUT2D eigenvalue weighted by atomic mass is 16.1. The van der Waals surface area contributed by atoms with E-state index in [1.54, 1.807) is 10.8 Å². The monoisotopic (exact) mass is 145 g/mol. The Kier molecular flexibility index (Phi) is 1.25. The second-order valence-electron chi connectivity index (χ2n) is 2.39. The molecular weight excluding hydrogens is 138 g/mol. The maximum Gasteiger partial charge on any atom is 0.218 e. The summed E-state index contributed by atoms with van der Waals surface area (Å²) < 4.78 is 1.56. The lowest BCUT2D eigenvalue weighted by molar-refractivity contribution is 0.549. The first-order chi connectivity index (χ1) is 5.42. The van der Waals surface area contributed by atoms with Gasteiger partial charge >= 0.3 is 0 Å². The van der Waals surface area contributed by atoms with Crippen molar-refractivity contribution in [3.63, 3.8) is 0 Å². The van der Waals surface area contributed by atoms with Gasteiger partial charge in [0.25, 0.3) is 0 Å². The number of carbonyl (C=O) groups excluding carboxylic acids is 1. The molecule has 1 aromatic heterocycles. The lowest BCUT2D eigenvalue weighted by Gasteiger charge is -1.91. The fraction of sp³-hybridized carbons (Fsp3) is 0. The zero-order chi connectivity index (χ0) is 7.68. The third-order valence-corrected chi connectivity index (χ3v) is 1.74. The number of nitrogens with zero attached hydrogens (tertiary/aromatic N) is 1. The lowest BCUT2D eigenvalue weighted by Crippen LogP contribution is -1.89. The third kappa shape index (κ3) is 0.835. The number of fused-ring (bicyclic) bond motifs is 1. The number of hydrogen-bond donors (Lipinski definition) is 0. The third-order valence-electron chi connectivity index (χ3n) is 1.74. The first-order valence-corrected chi connectivity index (χ1v) is 3.43. The maximum atomic E-state index is 10.4. The molecule has 2 nitrogen and oxygen atoms in total. The van der Waals surface area contributed by atoms with Gasteiger partial charge in [-0.05, 0) is 12.1 Å². The van der Waals surface area contributed by atoms with Crippen LogP contribution in [0.25, 0.3) is 10.9 Å². The van der Waals surface area contributed by atoms with E-state index in [0.717, 1.165) is 17.3 Å². The van der Waals surface area contributed by atoms with E-state index in [1.807, 2.05) is 30.3 Å². The van der Waals surface area contributed by atoms with Gasteiger partial charge in [-0.2, -0.15) is 0 Å². The van der Waals surface area contributed by atoms with Crippen molar-refractivity contribution >= 4 is 17.3 Å². The fourth-order valence-corrected chi connectivity index (χ4v) is 1.20. The van der Waals surface area contributed by atoms with Crippen molar-refractivity contribution in [1.29, 1.82) is 0 Å². The molecule has 0 aliphatic heterocycles. The summed E-state index contributed by atoms with van der Waals surface area (Å²) in [4.78, 5) is 10.4. The van der Waals surface area contributed by atoms with Crippen LogP contribution in [0, 0.1) is 0 Å². The van der Waals surface area contributed by atoms with E-state index in [1.165, 1.54) is 0 Å². The smallest absolute Gasteiger partial charge is 0.218 e. The summed E-state index contributed by atoms with van der Waals surface area (Å²) in [5.74, 6) is 0. The van der Waals surface area contributed by atoms with Gasteiger partial charge in [-0.1, -0.05) is 18.2 Å². The predicted octanol–water partition coefficient (Wildman–Crippen LogP) is 1.68. The van der Waals surface area contributed by atoms with E-state index in [0.29, 0.717) is 0 Å². The van der Waals surface area contributed by atoms with E-state index in [4.69, 9.17) is 0 Å². The Morgan fingerprint density at radius 2 is 2.00 bits per heavy atom. The number of aromatic nitrogens is 1. The summed E-state index contributed by atoms with van der Waals surface area (Å²) in [6.45, 7) is 0. The number of benzene rings is 1. The number of para-hydroxylation sites is 1. The van der Waals surface area contributed by atoms with E-state index in [9.17, 15) is 4.79 Å². The van der Waals surface area contributed by atoms with Crippen molar-refractivity contribution in [3.05, 3.63) is 36.5 Å². The van der Waals surface area contributed by atoms with Crippen LogP contribution in [0.1, 0.15) is 0 Å². The minimum Gasteiger partial charge on any atom is -0.290 e. The minimum atomic E-state index is 0.808. The normalized spacial score (nSPS) is 10.2. The van der Waals surface area contributed by atoms with E-state index in [2.05, 4.69) is 0 Å². The summed E-state index contributed by atoms with van der Waals surface area (Å²) in [7, 11) is 0. The molecule has 11 heavy (non-hydrogen) atoms. The zero-order valence-electron chi connectivity index (χ0n) is 5.90. The molecule has 0 amide bonds. The van der Waals surface area contributed by atoms with Crippen LogP contribution in [-0.4, -0.2) is 11.0 Å². The summed E-state index contributed by atoms with van der Waals surface area (Å²) in [6.07, 6.45) is 2.57. The van der Waals surface area contributed by atoms with Gasteiger partial charge in [-0.3, -0.25) is 9.36 Å². The van der Waals surface area contributed by atoms with Gasteiger partial charge in [0.1, 0.15) is 0 Å². The van der Waals surface area contributed by atoms with Crippen LogP contribution in [0.15, 0.2) is 36.5 Å². The van der Waals surface area contributed by atoms with Crippen molar-refractivity contribution in [3.8, 4) is 0 Å². The number of carbonyl (C=O) groups is 1. The molecule has 0 aliphatic rings. The topological polar surface area (TPSA) is 22.0 Å². The summed E-state index contributed by atoms with van der Waals surface area (Å²) >= 11 is 0. The van der Waals surface area contributed by atoms with E-state index in [-0.39, 0.29) is 0 Å². The molecule has 0 saturated heterocycles. The van der Waals surface area contributed by atoms with Gasteiger partial charge in [0, 0.05) is 11.6 Å². The molecule has 2 heteroatoms. The maximum absolute atomic E-state index is 10.4. The molecule has 0 N–H and O–H groups in total. The van der Waals surface area contributed by atoms with Gasteiger partial charge in [-0.25, -0.2) is 0 Å². The quantitative estimate of drug-likeness (QED) is 0.559. The molecule has 0 atom stereocenters. The molecule has 54 valence electrons. The largest absolute Gasteiger partial charge is 0.290 e. The van der Waals surface area contributed by atoms with Crippen LogP contribution in [0.4, 0.5) is 0 Å². The lowest BCUT2D eigenvalue weighted by atomic mass is 10.2. The molecule has 2 aromatic rings. The highest BCUT2D eigenvalue weighted by molar-refractivity contribution is 5.85. The van der Waals surface area contributed by atoms with Crippen LogP contribution < -0.4 is 0 Å². The molecule has 0 saturated carbocycles. The Hall–Kier alpha value is -1.57. The van der Waals surface area contributed by atoms with Crippen LogP contribution in [0.2, 0.25) is 0 Å². The molecular formula is C9H7NO. The Bertz CT molecular complexity index is 389. The molecule has 0 aliphatic carbocycles. The van der Waals surface area contributed by atoms with Crippen LogP contribution >= 0.6 is 0 Å². The Morgan fingerprint density at radius 3 is 2.82 bits per heavy atom. The predicted molar refractivity (Wildman–Crippen MR) is 44.1 cm³/mol. The average molecular weight is 145 g/mol. The van der Waals surface area contributed by atoms with Crippen LogP contribution in [-0.2, 0) is 4.79 Å². The minimum absolute atomic E-state index is 0.808. The molecule has 0 radical (unpaired) electrons. The Labute approximate surface area is 64.1 Å². The number of hydrogen-bond acceptors (Lipinski definition) is 1. The van der Waals surface area contributed by atoms with E-state index >= 15 is 0 Å². The van der Waals surface area contributed by atoms with E-state index < -0.39 is 0 Å². The molecule has 1 heterocycles. The fourth-order valence-electron chi connectivity index (χ4n) is 1.20. The highest BCUT2D eigenvalue weighted by Gasteiger charge is 1.95. The summed E-state index contributed by atoms with van der Waals surface area (Å²) in [5, 5.41) is 1.10. The first kappa shape index (κ1) is 6.16. The molecule has 0 fully saturated rings. The molecule has 0 unspecified atom stereocenters. The van der Waals surface area contributed by atoms with Gasteiger partial charge in [0.05, 0.1) is 5.52 Å². The van der Waals surface area contributed by atoms with Gasteiger partial charge in [0.2, 0.25) is 6.41 Å². The van der Waals surface area contributed by atoms with Crippen molar-refractivity contribution in [2.24, 2.45) is 0 Å². The number of rotatable bonds is 1. The summed E-state index contributed by atoms with van der Waals surface area (Å²) in [5.41, 5.74) is 0.961. The average Bonchev–Trinajstić information content (AvgIpc) is 2.47. The Morgan fingerprint density at radius 1 is 1.18 bits per heavy atom. The first-order valence-electron chi connectivity index (χ1n) is 3.43. The molecule has 2 rings (SSSR count). The molecule has 0 spiro atoms. The van der Waals surface area contributed by atoms with Gasteiger partial charge in [0.15, 0.2) is 0 Å². The van der Waals surface area contributed by atoms with Crippen LogP contribution in [0.5, 0.6) is 0 Å². The van der Waals surface area contributed by atoms with Crippen molar-refractivity contribution < 1.29 is 4.79 Å². The SMILES string of the molecule is O=Cn1ccc2ccccc21. The van der Waals surface area contributed by atoms with Gasteiger partial charge < -0.3 is 0 Å². The Balaban J connectivity index is 2.86. The zero-order valence-corrected chi connectivity index (χ0v) is 5.90. The van der Waals surface area contributed by atoms with Crippen molar-refractivity contribution in [2.45, 2.75) is 0 Å². The van der Waals surface area contributed by atoms with Crippen molar-refractivity contribution in [1.82, 2.24) is 4.57 Å². The molecule has 0 bridgehead atoms. The highest BCUT2D eigenvalue weighted by Crippen LogP contribution is 2.12. The standard InChI is InChI=1S/C9H7NO/c11-7-10-6-5-8-3-1-2-4-9(8)10/h1-7H. The van der Waals surface area contributed by atoms with Crippen LogP contribution in [0.3, 0.4) is 0 Å². The second-order valence-corrected chi connectivity index (χ2v) is 2.39. The summed E-state index contributed by atoms with van der Waals surface area (Å²) in [6, 6.07) is 9.70. The second kappa shape index (κ2) is 2.23.